The molecule has 0 spiro atoms. The van der Waals surface area contributed by atoms with Gasteiger partial charge in [-0.05, 0) is 29.1 Å². The molecule has 0 aliphatic carbocycles. The van der Waals surface area contributed by atoms with Gasteiger partial charge in [0.25, 0.3) is 0 Å². The van der Waals surface area contributed by atoms with E-state index in [0.29, 0.717) is 9.87 Å². The number of hydrogen-bond donors (Lipinski definition) is 2. The van der Waals surface area contributed by atoms with Crippen LogP contribution in [-0.2, 0) is 17.1 Å². The van der Waals surface area contributed by atoms with Crippen molar-refractivity contribution in [2.75, 3.05) is 25.9 Å². The summed E-state index contributed by atoms with van der Waals surface area (Å²) < 4.78 is 25.6. The Morgan fingerprint density at radius 2 is 2.04 bits per heavy atom. The van der Waals surface area contributed by atoms with Crippen LogP contribution < -0.4 is 5.32 Å². The van der Waals surface area contributed by atoms with Crippen LogP contribution in [-0.4, -0.2) is 65.2 Å². The first-order valence-electron chi connectivity index (χ1n) is 7.98. The lowest BCUT2D eigenvalue weighted by Gasteiger charge is -2.18. The molecule has 2 heterocycles. The quantitative estimate of drug-likeness (QED) is 0.808. The van der Waals surface area contributed by atoms with Crippen molar-refractivity contribution in [3.05, 3.63) is 36.0 Å². The van der Waals surface area contributed by atoms with E-state index < -0.39 is 28.2 Å². The number of nitrogens with one attached hydrogen (secondary N) is 1. The molecule has 1 aromatic carbocycles. The highest BCUT2D eigenvalue weighted by Gasteiger charge is 2.38. The summed E-state index contributed by atoms with van der Waals surface area (Å²) in [6.45, 7) is -0.193. The fourth-order valence-corrected chi connectivity index (χ4v) is 3.71. The Morgan fingerprint density at radius 1 is 1.31 bits per heavy atom. The first-order valence-corrected chi connectivity index (χ1v) is 9.83. The van der Waals surface area contributed by atoms with Crippen molar-refractivity contribution >= 4 is 33.0 Å². The molecule has 1 aromatic heterocycles. The lowest BCUT2D eigenvalue weighted by Crippen LogP contribution is -2.44. The van der Waals surface area contributed by atoms with E-state index in [1.807, 2.05) is 36.0 Å². The Bertz CT molecular complexity index is 968. The maximum atomic E-state index is 12.1. The molecule has 0 saturated carbocycles. The summed E-state index contributed by atoms with van der Waals surface area (Å²) in [6.07, 6.45) is 1.87. The molecule has 10 heteroatoms. The van der Waals surface area contributed by atoms with Gasteiger partial charge < -0.3 is 15.0 Å². The van der Waals surface area contributed by atoms with Crippen molar-refractivity contribution in [2.24, 2.45) is 7.05 Å². The molecule has 1 aliphatic rings. The van der Waals surface area contributed by atoms with Gasteiger partial charge in [0, 0.05) is 25.3 Å². The number of carbonyl (C=O) groups is 2. The number of benzene rings is 1. The Kier molecular flexibility index (Phi) is 4.63. The van der Waals surface area contributed by atoms with Crippen LogP contribution in [0.2, 0.25) is 0 Å². The van der Waals surface area contributed by atoms with Crippen LogP contribution in [0, 0.1) is 0 Å². The number of imide groups is 1. The largest absolute Gasteiger partial charge is 0.387 e. The first kappa shape index (κ1) is 18.2. The second kappa shape index (κ2) is 6.61. The smallest absolute Gasteiger partial charge is 0.341 e. The Morgan fingerprint density at radius 3 is 2.69 bits per heavy atom. The topological polar surface area (TPSA) is 112 Å². The van der Waals surface area contributed by atoms with E-state index in [2.05, 4.69) is 5.32 Å². The molecular weight excluding hydrogens is 360 g/mol. The second-order valence-corrected chi connectivity index (χ2v) is 8.12. The maximum absolute atomic E-state index is 12.1. The number of carbonyl (C=O) groups excluding carboxylic acids is 2. The highest BCUT2D eigenvalue weighted by atomic mass is 32.2. The van der Waals surface area contributed by atoms with E-state index in [9.17, 15) is 23.1 Å². The minimum atomic E-state index is -3.70. The summed E-state index contributed by atoms with van der Waals surface area (Å²) in [4.78, 5) is 25.0. The van der Waals surface area contributed by atoms with Gasteiger partial charge in [-0.25, -0.2) is 27.2 Å². The van der Waals surface area contributed by atoms with Crippen molar-refractivity contribution in [1.29, 1.82) is 0 Å². The number of sulfonamides is 1. The lowest BCUT2D eigenvalue weighted by molar-refractivity contribution is 0.164. The minimum Gasteiger partial charge on any atom is -0.387 e. The Labute approximate surface area is 150 Å². The average Bonchev–Trinajstić information content (AvgIpc) is 3.15. The summed E-state index contributed by atoms with van der Waals surface area (Å²) in [5.74, 6) is 0. The number of aromatic nitrogens is 1. The lowest BCUT2D eigenvalue weighted by atomic mass is 10.1. The van der Waals surface area contributed by atoms with Gasteiger partial charge in [-0.3, -0.25) is 0 Å². The van der Waals surface area contributed by atoms with Crippen LogP contribution in [0.4, 0.5) is 9.59 Å². The Hall–Kier alpha value is -2.59. The van der Waals surface area contributed by atoms with Gasteiger partial charge in [0.2, 0.25) is 10.0 Å². The van der Waals surface area contributed by atoms with E-state index in [4.69, 9.17) is 0 Å². The fraction of sp³-hybridized carbons (Fsp3) is 0.375. The van der Waals surface area contributed by atoms with Crippen LogP contribution in [0.15, 0.2) is 30.5 Å². The van der Waals surface area contributed by atoms with E-state index in [-0.39, 0.29) is 19.6 Å². The minimum absolute atomic E-state index is 0.0240. The molecule has 1 fully saturated rings. The monoisotopic (exact) mass is 380 g/mol. The molecule has 0 bridgehead atoms. The van der Waals surface area contributed by atoms with E-state index >= 15 is 0 Å². The molecule has 1 aliphatic heterocycles. The summed E-state index contributed by atoms with van der Waals surface area (Å²) in [5, 5.41) is 13.7. The zero-order chi connectivity index (χ0) is 19.1. The van der Waals surface area contributed by atoms with Gasteiger partial charge in [0.05, 0.1) is 25.4 Å². The Balaban J connectivity index is 1.62. The molecule has 2 N–H and O–H groups in total. The van der Waals surface area contributed by atoms with Gasteiger partial charge >= 0.3 is 12.1 Å². The van der Waals surface area contributed by atoms with Crippen LogP contribution in [0.3, 0.4) is 0 Å². The SMILES string of the molecule is Cn1ccc2cc(C(O)CNC(=O)N3CCN(S(C)(=O)=O)C3=O)ccc21. The molecule has 9 nitrogen and oxygen atoms in total. The number of aliphatic hydroxyl groups excluding tert-OH is 1. The van der Waals surface area contributed by atoms with Gasteiger partial charge in [0.1, 0.15) is 0 Å². The maximum Gasteiger partial charge on any atom is 0.341 e. The van der Waals surface area contributed by atoms with Crippen molar-refractivity contribution in [2.45, 2.75) is 6.10 Å². The van der Waals surface area contributed by atoms with Gasteiger partial charge in [0.15, 0.2) is 0 Å². The normalized spacial score (nSPS) is 16.3. The van der Waals surface area contributed by atoms with Crippen LogP contribution in [0.25, 0.3) is 10.9 Å². The first-order chi connectivity index (χ1) is 12.2. The number of amides is 4. The third-order valence-electron chi connectivity index (χ3n) is 4.36. The number of rotatable bonds is 4. The predicted octanol–water partition coefficient (Wildman–Crippen LogP) is 0.619. The van der Waals surface area contributed by atoms with Crippen LogP contribution in [0.1, 0.15) is 11.7 Å². The number of aliphatic hydroxyl groups is 1. The van der Waals surface area contributed by atoms with E-state index in [0.717, 1.165) is 22.1 Å². The van der Waals surface area contributed by atoms with Gasteiger partial charge in [-0.15, -0.1) is 0 Å². The highest BCUT2D eigenvalue weighted by Crippen LogP contribution is 2.21. The van der Waals surface area contributed by atoms with Gasteiger partial charge in [-0.2, -0.15) is 0 Å². The number of urea groups is 2. The molecule has 140 valence electrons. The molecule has 0 radical (unpaired) electrons. The fourth-order valence-electron chi connectivity index (χ4n) is 2.92. The van der Waals surface area contributed by atoms with Crippen molar-refractivity contribution in [3.8, 4) is 0 Å². The molecule has 26 heavy (non-hydrogen) atoms. The number of nitrogens with zero attached hydrogens (tertiary/aromatic N) is 3. The summed E-state index contributed by atoms with van der Waals surface area (Å²) in [7, 11) is -1.78. The standard InChI is InChI=1S/C16H20N4O5S/c1-18-6-5-11-9-12(3-4-13(11)18)14(21)10-17-15(22)19-7-8-20(16(19)23)26(2,24)25/h3-6,9,14,21H,7-8,10H2,1-2H3,(H,17,22). The summed E-state index contributed by atoms with van der Waals surface area (Å²) in [6, 6.07) is 5.78. The molecule has 4 amide bonds. The van der Waals surface area contributed by atoms with Crippen molar-refractivity contribution in [1.82, 2.24) is 19.1 Å². The van der Waals surface area contributed by atoms with E-state index in [1.165, 1.54) is 0 Å². The van der Waals surface area contributed by atoms with Gasteiger partial charge in [-0.1, -0.05) is 6.07 Å². The third kappa shape index (κ3) is 3.37. The zero-order valence-corrected chi connectivity index (χ0v) is 15.2. The molecule has 1 atom stereocenters. The van der Waals surface area contributed by atoms with Crippen molar-refractivity contribution in [3.63, 3.8) is 0 Å². The molecule has 1 unspecified atom stereocenters. The number of aryl methyl sites for hydroxylation is 1. The van der Waals surface area contributed by atoms with E-state index in [1.54, 1.807) is 6.07 Å². The predicted molar refractivity (Wildman–Crippen MR) is 94.9 cm³/mol. The average molecular weight is 380 g/mol. The molecule has 1 saturated heterocycles. The summed E-state index contributed by atoms with van der Waals surface area (Å²) in [5.41, 5.74) is 1.66. The number of hydrogen-bond acceptors (Lipinski definition) is 5. The van der Waals surface area contributed by atoms with Crippen LogP contribution >= 0.6 is 0 Å². The van der Waals surface area contributed by atoms with Crippen molar-refractivity contribution < 1.29 is 23.1 Å². The zero-order valence-electron chi connectivity index (χ0n) is 14.4. The number of fused-ring (bicyclic) bond motifs is 1. The summed E-state index contributed by atoms with van der Waals surface area (Å²) >= 11 is 0. The van der Waals surface area contributed by atoms with Crippen LogP contribution in [0.5, 0.6) is 0 Å². The molecule has 2 aromatic rings. The highest BCUT2D eigenvalue weighted by molar-refractivity contribution is 7.88. The second-order valence-electron chi connectivity index (χ2n) is 6.22. The molecular formula is C16H20N4O5S. The third-order valence-corrected chi connectivity index (χ3v) is 5.50. The molecule has 3 rings (SSSR count).